The van der Waals surface area contributed by atoms with Gasteiger partial charge >= 0.3 is 0 Å². The van der Waals surface area contributed by atoms with E-state index >= 15 is 0 Å². The highest BCUT2D eigenvalue weighted by molar-refractivity contribution is 5.46. The summed E-state index contributed by atoms with van der Waals surface area (Å²) in [6, 6.07) is 15.5. The number of rotatable bonds is 0. The quantitative estimate of drug-likeness (QED) is 0.480. The third-order valence-electron chi connectivity index (χ3n) is 5.78. The lowest BCUT2D eigenvalue weighted by molar-refractivity contribution is -2.00. The summed E-state index contributed by atoms with van der Waals surface area (Å²) in [6.07, 6.45) is 2.20. The van der Waals surface area contributed by atoms with E-state index in [1.165, 1.54) is 16.8 Å². The molecule has 1 aromatic heterocycles. The van der Waals surface area contributed by atoms with Gasteiger partial charge in [-0.15, -0.1) is 10.2 Å². The second-order valence-electron chi connectivity index (χ2n) is 7.46. The van der Waals surface area contributed by atoms with Crippen LogP contribution in [0.2, 0.25) is 0 Å². The fraction of sp³-hybridized carbons (Fsp3) is 0.421. The van der Waals surface area contributed by atoms with E-state index in [4.69, 9.17) is 28.1 Å². The van der Waals surface area contributed by atoms with Crippen molar-refractivity contribution in [3.63, 3.8) is 0 Å². The highest BCUT2D eigenvalue weighted by atomic mass is 35.7. The minimum Gasteiger partial charge on any atom is -0.345 e. The highest BCUT2D eigenvalue weighted by Crippen LogP contribution is 2.62. The van der Waals surface area contributed by atoms with Gasteiger partial charge in [0.2, 0.25) is 0 Å². The number of hydrogen-bond donors (Lipinski definition) is 0. The van der Waals surface area contributed by atoms with Gasteiger partial charge in [-0.2, -0.15) is 4.57 Å². The Morgan fingerprint density at radius 1 is 0.926 bits per heavy atom. The zero-order valence-corrected chi connectivity index (χ0v) is 15.7. The lowest BCUT2D eigenvalue weighted by Crippen LogP contribution is -2.70. The number of halogens is 1. The monoisotopic (exact) mass is 393 g/mol. The van der Waals surface area contributed by atoms with Crippen LogP contribution in [0.15, 0.2) is 48.7 Å². The standard InChI is InChI=1S/C19H20NO2.ClHO4/c1-18(2)17-14-8-4-3-7-13(14)16(19(18)21-11-12-22-19)15-9-5-6-10-20(15)17;2-1(3,4)5/h3-10,16-17H,11-12H2,1-2H3;(H,2,3,4,5)/q+1;/p-1. The molecule has 3 aliphatic heterocycles. The van der Waals surface area contributed by atoms with Crippen LogP contribution in [0.5, 0.6) is 0 Å². The van der Waals surface area contributed by atoms with Crippen LogP contribution in [-0.4, -0.2) is 19.0 Å². The van der Waals surface area contributed by atoms with Crippen LogP contribution in [-0.2, 0) is 9.47 Å². The zero-order chi connectivity index (χ0) is 19.4. The Morgan fingerprint density at radius 2 is 1.48 bits per heavy atom. The molecule has 1 spiro atoms. The number of benzene rings is 1. The van der Waals surface area contributed by atoms with Crippen molar-refractivity contribution in [3.05, 3.63) is 65.5 Å². The number of ether oxygens (including phenoxy) is 2. The van der Waals surface area contributed by atoms with E-state index in [9.17, 15) is 0 Å². The van der Waals surface area contributed by atoms with Gasteiger partial charge in [0.05, 0.1) is 18.6 Å². The van der Waals surface area contributed by atoms with Crippen LogP contribution >= 0.6 is 0 Å². The second-order valence-corrected chi connectivity index (χ2v) is 8.22. The molecule has 2 unspecified atom stereocenters. The van der Waals surface area contributed by atoms with Crippen molar-refractivity contribution >= 4 is 0 Å². The maximum atomic E-state index is 8.49. The van der Waals surface area contributed by atoms with E-state index in [-0.39, 0.29) is 17.4 Å². The van der Waals surface area contributed by atoms with Crippen LogP contribution in [0.4, 0.5) is 0 Å². The van der Waals surface area contributed by atoms with Crippen molar-refractivity contribution in [2.75, 3.05) is 13.2 Å². The summed E-state index contributed by atoms with van der Waals surface area (Å²) in [5.74, 6) is -0.416. The predicted molar refractivity (Wildman–Crippen MR) is 81.5 cm³/mol. The number of nitrogens with zero attached hydrogens (tertiary/aromatic N) is 1. The second kappa shape index (κ2) is 6.22. The van der Waals surface area contributed by atoms with E-state index in [1.807, 2.05) is 0 Å². The molecule has 4 aliphatic rings. The third-order valence-corrected chi connectivity index (χ3v) is 5.78. The molecule has 1 fully saturated rings. The molecule has 7 nitrogen and oxygen atoms in total. The van der Waals surface area contributed by atoms with Gasteiger partial charge in [-0.3, -0.25) is 0 Å². The maximum Gasteiger partial charge on any atom is 0.197 e. The summed E-state index contributed by atoms with van der Waals surface area (Å²) >= 11 is 0. The van der Waals surface area contributed by atoms with Gasteiger partial charge in [0, 0.05) is 17.7 Å². The van der Waals surface area contributed by atoms with Crippen molar-refractivity contribution < 1.29 is 42.9 Å². The molecule has 2 aromatic rings. The molecule has 1 aliphatic carbocycles. The first kappa shape index (κ1) is 18.8. The summed E-state index contributed by atoms with van der Waals surface area (Å²) in [6.45, 7) is 5.94. The lowest BCUT2D eigenvalue weighted by Gasteiger charge is -2.55. The Labute approximate surface area is 159 Å². The molecular weight excluding hydrogens is 374 g/mol. The van der Waals surface area contributed by atoms with Crippen LogP contribution in [0.25, 0.3) is 0 Å². The Bertz CT molecular complexity index is 806. The zero-order valence-electron chi connectivity index (χ0n) is 15.0. The van der Waals surface area contributed by atoms with E-state index in [2.05, 4.69) is 67.1 Å². The van der Waals surface area contributed by atoms with Crippen LogP contribution in [0, 0.1) is 15.7 Å². The SMILES string of the molecule is CC1(C)C2c3ccccc3C(c3cccc[n+]32)C12OCCO2.[O-][Cl+3]([O-])([O-])[O-]. The summed E-state index contributed by atoms with van der Waals surface area (Å²) in [5.41, 5.74) is 3.94. The van der Waals surface area contributed by atoms with Gasteiger partial charge in [-0.05, 0) is 19.4 Å². The molecule has 0 N–H and O–H groups in total. The van der Waals surface area contributed by atoms with Crippen molar-refractivity contribution in [2.24, 2.45) is 5.41 Å². The molecule has 6 rings (SSSR count). The lowest BCUT2D eigenvalue weighted by atomic mass is 9.57. The molecule has 0 radical (unpaired) electrons. The molecule has 1 aromatic carbocycles. The molecule has 27 heavy (non-hydrogen) atoms. The van der Waals surface area contributed by atoms with Gasteiger partial charge in [-0.1, -0.05) is 30.3 Å². The van der Waals surface area contributed by atoms with Gasteiger partial charge in [0.15, 0.2) is 23.7 Å². The van der Waals surface area contributed by atoms with Crippen LogP contribution in [0.3, 0.4) is 0 Å². The number of hydrogen-bond acceptors (Lipinski definition) is 6. The van der Waals surface area contributed by atoms with Gasteiger partial charge in [-0.25, -0.2) is 18.6 Å². The fourth-order valence-corrected chi connectivity index (χ4v) is 4.95. The molecular formula is C19H20ClNO6. The van der Waals surface area contributed by atoms with Crippen molar-refractivity contribution in [1.82, 2.24) is 0 Å². The molecule has 4 heterocycles. The molecule has 2 atom stereocenters. The summed E-state index contributed by atoms with van der Waals surface area (Å²) in [7, 11) is -4.94. The van der Waals surface area contributed by atoms with E-state index < -0.39 is 16.0 Å². The topological polar surface area (TPSA) is 115 Å². The van der Waals surface area contributed by atoms with Crippen molar-refractivity contribution in [2.45, 2.75) is 31.6 Å². The number of aromatic nitrogens is 1. The Kier molecular flexibility index (Phi) is 4.32. The summed E-state index contributed by atoms with van der Waals surface area (Å²) < 4.78 is 49.0. The predicted octanol–water partition coefficient (Wildman–Crippen LogP) is -1.96. The van der Waals surface area contributed by atoms with Crippen LogP contribution < -0.4 is 23.2 Å². The first-order chi connectivity index (χ1) is 12.7. The fourth-order valence-electron chi connectivity index (χ4n) is 4.95. The Balaban J connectivity index is 0.000000323. The average molecular weight is 394 g/mol. The van der Waals surface area contributed by atoms with Crippen molar-refractivity contribution in [1.29, 1.82) is 0 Å². The molecule has 8 heteroatoms. The van der Waals surface area contributed by atoms with Crippen molar-refractivity contribution in [3.8, 4) is 0 Å². The third kappa shape index (κ3) is 2.78. The van der Waals surface area contributed by atoms with Gasteiger partial charge in [0.25, 0.3) is 0 Å². The summed E-state index contributed by atoms with van der Waals surface area (Å²) in [4.78, 5) is 0. The van der Waals surface area contributed by atoms with Gasteiger partial charge < -0.3 is 9.47 Å². The number of pyridine rings is 1. The molecule has 144 valence electrons. The smallest absolute Gasteiger partial charge is 0.197 e. The molecule has 2 bridgehead atoms. The molecule has 0 amide bonds. The van der Waals surface area contributed by atoms with E-state index in [1.54, 1.807) is 0 Å². The summed E-state index contributed by atoms with van der Waals surface area (Å²) in [5, 5.41) is 0. The largest absolute Gasteiger partial charge is 0.345 e. The minimum atomic E-state index is -4.94. The maximum absolute atomic E-state index is 8.49. The van der Waals surface area contributed by atoms with Crippen LogP contribution in [0.1, 0.15) is 42.6 Å². The normalized spacial score (nSPS) is 26.1. The minimum absolute atomic E-state index is 0.123. The van der Waals surface area contributed by atoms with E-state index in [0.29, 0.717) is 13.2 Å². The highest BCUT2D eigenvalue weighted by Gasteiger charge is 2.71. The van der Waals surface area contributed by atoms with E-state index in [0.717, 1.165) is 0 Å². The Hall–Kier alpha value is -1.58. The molecule has 0 saturated carbocycles. The molecule has 1 saturated heterocycles. The first-order valence-electron chi connectivity index (χ1n) is 8.65. The Morgan fingerprint density at radius 3 is 2.11 bits per heavy atom. The first-order valence-corrected chi connectivity index (χ1v) is 9.89. The van der Waals surface area contributed by atoms with Gasteiger partial charge in [0.1, 0.15) is 5.92 Å². The average Bonchev–Trinajstić information content (AvgIpc) is 3.07.